The average molecular weight is 579 g/mol. The van der Waals surface area contributed by atoms with Crippen molar-refractivity contribution in [2.24, 2.45) is 0 Å². The molecular formula is C28H30ClF3N4O4. The molecule has 1 aromatic heterocycles. The molecule has 1 saturated carbocycles. The highest BCUT2D eigenvalue weighted by molar-refractivity contribution is 6.31. The van der Waals surface area contributed by atoms with E-state index >= 15 is 0 Å². The Balaban J connectivity index is 1.14. The first kappa shape index (κ1) is 28.4. The molecule has 12 heteroatoms. The Morgan fingerprint density at radius 3 is 2.48 bits per heavy atom. The topological polar surface area (TPSA) is 87.0 Å². The van der Waals surface area contributed by atoms with Crippen LogP contribution in [0.3, 0.4) is 0 Å². The zero-order valence-electron chi connectivity index (χ0n) is 21.9. The fraction of sp³-hybridized carbons (Fsp3) is 0.429. The Morgan fingerprint density at radius 1 is 1.18 bits per heavy atom. The number of hydrogen-bond acceptors (Lipinski definition) is 6. The number of β-amino-alcohol motifs (C(OH)–C–C–N with tert-alkyl or cyclic N) is 1. The summed E-state index contributed by atoms with van der Waals surface area (Å²) in [7, 11) is 0. The maximum atomic E-state index is 14.2. The zero-order chi connectivity index (χ0) is 28.6. The lowest BCUT2D eigenvalue weighted by atomic mass is 10.1. The number of aliphatic hydroxyl groups is 1. The predicted molar refractivity (Wildman–Crippen MR) is 144 cm³/mol. The van der Waals surface area contributed by atoms with Crippen LogP contribution in [0.1, 0.15) is 41.7 Å². The molecule has 214 valence electrons. The zero-order valence-corrected chi connectivity index (χ0v) is 22.6. The molecule has 1 aliphatic heterocycles. The van der Waals surface area contributed by atoms with Crippen molar-refractivity contribution in [3.8, 4) is 5.75 Å². The average Bonchev–Trinajstić information content (AvgIpc) is 3.75. The summed E-state index contributed by atoms with van der Waals surface area (Å²) in [5, 5.41) is 12.1. The summed E-state index contributed by atoms with van der Waals surface area (Å²) in [6, 6.07) is 8.13. The van der Waals surface area contributed by atoms with E-state index in [2.05, 4.69) is 5.43 Å². The third kappa shape index (κ3) is 6.43. The van der Waals surface area contributed by atoms with E-state index in [4.69, 9.17) is 16.3 Å². The highest BCUT2D eigenvalue weighted by atomic mass is 35.5. The maximum absolute atomic E-state index is 14.2. The van der Waals surface area contributed by atoms with E-state index in [1.807, 2.05) is 9.47 Å². The normalized spacial score (nSPS) is 17.6. The molecule has 2 aromatic carbocycles. The number of aromatic nitrogens is 1. The molecule has 0 bridgehead atoms. The summed E-state index contributed by atoms with van der Waals surface area (Å²) < 4.78 is 48.2. The number of nitrogens with zero attached hydrogens (tertiary/aromatic N) is 3. The van der Waals surface area contributed by atoms with Crippen LogP contribution in [0.4, 0.5) is 13.2 Å². The Labute approximate surface area is 233 Å². The van der Waals surface area contributed by atoms with Gasteiger partial charge in [-0.05, 0) is 49.2 Å². The molecule has 1 atom stereocenters. The van der Waals surface area contributed by atoms with E-state index in [0.29, 0.717) is 44.0 Å². The Kier molecular flexibility index (Phi) is 8.10. The van der Waals surface area contributed by atoms with Gasteiger partial charge < -0.3 is 14.4 Å². The van der Waals surface area contributed by atoms with Gasteiger partial charge in [-0.1, -0.05) is 11.6 Å². The van der Waals surface area contributed by atoms with Crippen molar-refractivity contribution in [2.75, 3.05) is 39.3 Å². The van der Waals surface area contributed by atoms with Crippen molar-refractivity contribution in [3.63, 3.8) is 0 Å². The van der Waals surface area contributed by atoms with Crippen molar-refractivity contribution < 1.29 is 27.8 Å². The largest absolute Gasteiger partial charge is 0.491 e. The Morgan fingerprint density at radius 2 is 1.85 bits per heavy atom. The van der Waals surface area contributed by atoms with Gasteiger partial charge in [0.15, 0.2) is 0 Å². The Hall–Kier alpha value is -3.12. The van der Waals surface area contributed by atoms with Crippen molar-refractivity contribution in [1.29, 1.82) is 0 Å². The minimum atomic E-state index is -2.93. The number of benzene rings is 2. The van der Waals surface area contributed by atoms with E-state index in [-0.39, 0.29) is 34.2 Å². The number of halogens is 4. The van der Waals surface area contributed by atoms with Gasteiger partial charge in [-0.3, -0.25) is 19.9 Å². The number of carbonyl (C=O) groups is 1. The highest BCUT2D eigenvalue weighted by Crippen LogP contribution is 2.37. The van der Waals surface area contributed by atoms with Crippen molar-refractivity contribution >= 4 is 28.4 Å². The number of alkyl halides is 2. The van der Waals surface area contributed by atoms with Gasteiger partial charge >= 0.3 is 0 Å². The van der Waals surface area contributed by atoms with E-state index in [1.165, 1.54) is 36.5 Å². The number of aliphatic hydroxyl groups excluding tert-OH is 1. The number of fused-ring (bicyclic) bond motifs is 1. The maximum Gasteiger partial charge on any atom is 0.271 e. The smallest absolute Gasteiger partial charge is 0.271 e. The molecule has 1 aliphatic carbocycles. The molecule has 2 N–H and O–H groups in total. The van der Waals surface area contributed by atoms with Crippen LogP contribution in [0, 0.1) is 5.82 Å². The highest BCUT2D eigenvalue weighted by Gasteiger charge is 2.29. The Bertz CT molecular complexity index is 1450. The molecule has 0 spiro atoms. The third-order valence-corrected chi connectivity index (χ3v) is 7.45. The van der Waals surface area contributed by atoms with Gasteiger partial charge in [0.1, 0.15) is 29.8 Å². The minimum absolute atomic E-state index is 0.000143. The van der Waals surface area contributed by atoms with Gasteiger partial charge in [-0.25, -0.2) is 18.2 Å². The second-order valence-corrected chi connectivity index (χ2v) is 10.8. The van der Waals surface area contributed by atoms with Crippen LogP contribution in [-0.4, -0.2) is 70.9 Å². The minimum Gasteiger partial charge on any atom is -0.491 e. The number of carbonyl (C=O) groups excluding carboxylic acids is 1. The van der Waals surface area contributed by atoms with Gasteiger partial charge in [0.2, 0.25) is 5.43 Å². The molecule has 0 radical (unpaired) electrons. The summed E-state index contributed by atoms with van der Waals surface area (Å²) in [4.78, 5) is 28.2. The van der Waals surface area contributed by atoms with Crippen LogP contribution in [0.5, 0.6) is 5.75 Å². The van der Waals surface area contributed by atoms with Gasteiger partial charge in [0.05, 0.1) is 10.5 Å². The van der Waals surface area contributed by atoms with Crippen molar-refractivity contribution in [3.05, 3.63) is 74.8 Å². The number of hydrogen-bond donors (Lipinski definition) is 2. The molecule has 0 unspecified atom stereocenters. The number of pyridine rings is 1. The number of hydrazine groups is 1. The summed E-state index contributed by atoms with van der Waals surface area (Å²) in [6.45, 7) is 3.17. The number of ether oxygens (including phenoxy) is 1. The quantitative estimate of drug-likeness (QED) is 0.400. The van der Waals surface area contributed by atoms with E-state index < -0.39 is 29.2 Å². The first-order valence-electron chi connectivity index (χ1n) is 13.1. The van der Waals surface area contributed by atoms with E-state index in [0.717, 1.165) is 25.8 Å². The summed E-state index contributed by atoms with van der Waals surface area (Å²) in [6.07, 6.45) is 2.52. The van der Waals surface area contributed by atoms with Gasteiger partial charge in [-0.2, -0.15) is 0 Å². The monoisotopic (exact) mass is 578 g/mol. The second-order valence-electron chi connectivity index (χ2n) is 10.4. The summed E-state index contributed by atoms with van der Waals surface area (Å²) in [5.74, 6) is -3.82. The van der Waals surface area contributed by atoms with Crippen LogP contribution in [0.15, 0.2) is 47.4 Å². The summed E-state index contributed by atoms with van der Waals surface area (Å²) >= 11 is 5.95. The van der Waals surface area contributed by atoms with Crippen LogP contribution < -0.4 is 15.6 Å². The molecule has 1 amide bonds. The number of rotatable bonds is 9. The molecule has 3 aromatic rings. The number of amides is 1. The first-order valence-corrected chi connectivity index (χ1v) is 13.5. The number of piperazine rings is 1. The van der Waals surface area contributed by atoms with Crippen LogP contribution in [-0.2, 0) is 5.92 Å². The standard InChI is InChI=1S/C28H30ClF3N4O4/c1-28(31,32)17-2-6-20(7-3-17)40-16-19(37)14-34-8-10-35(11-9-34)33-27(39)22-15-36(18-4-5-18)25-13-23(29)24(30)12-21(25)26(22)38/h2-3,6-7,12-13,15,18-19,37H,4-5,8-11,14,16H2,1H3,(H,33,39)/t19-/m1/s1. The number of nitrogens with one attached hydrogen (secondary N) is 1. The molecule has 8 nitrogen and oxygen atoms in total. The lowest BCUT2D eigenvalue weighted by Crippen LogP contribution is -2.55. The first-order chi connectivity index (χ1) is 19.0. The van der Waals surface area contributed by atoms with E-state index in [9.17, 15) is 27.9 Å². The molecule has 40 heavy (non-hydrogen) atoms. The third-order valence-electron chi connectivity index (χ3n) is 7.16. The van der Waals surface area contributed by atoms with Crippen molar-refractivity contribution in [2.45, 2.75) is 37.8 Å². The van der Waals surface area contributed by atoms with Gasteiger partial charge in [0.25, 0.3) is 11.8 Å². The summed E-state index contributed by atoms with van der Waals surface area (Å²) in [5.41, 5.74) is 2.56. The molecule has 1 saturated heterocycles. The van der Waals surface area contributed by atoms with Gasteiger partial charge in [-0.15, -0.1) is 0 Å². The fourth-order valence-corrected chi connectivity index (χ4v) is 4.95. The molecule has 2 fully saturated rings. The molecular weight excluding hydrogens is 549 g/mol. The second kappa shape index (κ2) is 11.4. The SMILES string of the molecule is CC(F)(F)c1ccc(OC[C@H](O)CN2CCN(NC(=O)c3cn(C4CC4)c4cc(Cl)c(F)cc4c3=O)CC2)cc1. The van der Waals surface area contributed by atoms with Crippen LogP contribution in [0.2, 0.25) is 5.02 Å². The molecule has 5 rings (SSSR count). The van der Waals surface area contributed by atoms with Crippen LogP contribution >= 0.6 is 11.6 Å². The molecule has 2 heterocycles. The van der Waals surface area contributed by atoms with Crippen molar-refractivity contribution in [1.82, 2.24) is 19.9 Å². The molecule has 2 aliphatic rings. The van der Waals surface area contributed by atoms with Gasteiger partial charge in [0, 0.05) is 62.8 Å². The fourth-order valence-electron chi connectivity index (χ4n) is 4.79. The van der Waals surface area contributed by atoms with Crippen LogP contribution in [0.25, 0.3) is 10.9 Å². The lowest BCUT2D eigenvalue weighted by molar-refractivity contribution is 0.0173. The predicted octanol–water partition coefficient (Wildman–Crippen LogP) is 3.94. The lowest BCUT2D eigenvalue weighted by Gasteiger charge is -2.35. The van der Waals surface area contributed by atoms with E-state index in [1.54, 1.807) is 5.01 Å².